The van der Waals surface area contributed by atoms with Crippen molar-refractivity contribution in [3.8, 4) is 0 Å². The first-order valence-electron chi connectivity index (χ1n) is 8.88. The summed E-state index contributed by atoms with van der Waals surface area (Å²) in [4.78, 5) is 24.0. The molecule has 0 radical (unpaired) electrons. The lowest BCUT2D eigenvalue weighted by molar-refractivity contribution is 0.0531. The normalized spacial score (nSPS) is 18.6. The van der Waals surface area contributed by atoms with Crippen LogP contribution >= 0.6 is 11.3 Å². The minimum absolute atomic E-state index is 0.280. The van der Waals surface area contributed by atoms with Gasteiger partial charge in [0.2, 0.25) is 5.89 Å². The monoisotopic (exact) mass is 362 g/mol. The van der Waals surface area contributed by atoms with E-state index in [0.717, 1.165) is 48.5 Å². The van der Waals surface area contributed by atoms with Crippen molar-refractivity contribution in [2.75, 3.05) is 24.6 Å². The molecule has 2 fully saturated rings. The molecule has 2 aromatic rings. The number of aromatic nitrogens is 3. The Hall–Kier alpha value is -1.96. The zero-order chi connectivity index (χ0) is 17.4. The molecular formula is C17H22N4O3S. The predicted octanol–water partition coefficient (Wildman–Crippen LogP) is 3.27. The number of hydrogen-bond donors (Lipinski definition) is 0. The van der Waals surface area contributed by atoms with Crippen LogP contribution in [-0.4, -0.2) is 40.8 Å². The molecule has 3 heterocycles. The number of thiazole rings is 1. The molecular weight excluding hydrogens is 340 g/mol. The first-order valence-corrected chi connectivity index (χ1v) is 9.70. The van der Waals surface area contributed by atoms with Gasteiger partial charge < -0.3 is 14.2 Å². The van der Waals surface area contributed by atoms with E-state index < -0.39 is 0 Å². The van der Waals surface area contributed by atoms with Gasteiger partial charge in [-0.3, -0.25) is 0 Å². The summed E-state index contributed by atoms with van der Waals surface area (Å²) in [5.41, 5.74) is 0.743. The van der Waals surface area contributed by atoms with E-state index in [0.29, 0.717) is 23.3 Å². The van der Waals surface area contributed by atoms with E-state index in [4.69, 9.17) is 9.26 Å². The second-order valence-electron chi connectivity index (χ2n) is 6.66. The summed E-state index contributed by atoms with van der Waals surface area (Å²) in [6.07, 6.45) is 4.28. The van der Waals surface area contributed by atoms with Crippen LogP contribution in [0.15, 0.2) is 4.52 Å². The molecule has 2 aliphatic rings. The Kier molecular flexibility index (Phi) is 4.45. The quantitative estimate of drug-likeness (QED) is 0.755. The number of piperidine rings is 1. The third-order valence-corrected chi connectivity index (χ3v) is 5.96. The van der Waals surface area contributed by atoms with Gasteiger partial charge in [0.05, 0.1) is 12.3 Å². The summed E-state index contributed by atoms with van der Waals surface area (Å²) in [7, 11) is 0. The highest BCUT2D eigenvalue weighted by Crippen LogP contribution is 2.40. The minimum atomic E-state index is -0.280. The fourth-order valence-electron chi connectivity index (χ4n) is 3.14. The van der Waals surface area contributed by atoms with E-state index in [9.17, 15) is 4.79 Å². The number of nitrogens with zero attached hydrogens (tertiary/aromatic N) is 4. The second kappa shape index (κ2) is 6.74. The number of anilines is 1. The van der Waals surface area contributed by atoms with Gasteiger partial charge in [0, 0.05) is 24.9 Å². The van der Waals surface area contributed by atoms with Crippen molar-refractivity contribution in [1.29, 1.82) is 0 Å². The number of rotatable bonds is 5. The maximum Gasteiger partial charge on any atom is 0.350 e. The summed E-state index contributed by atoms with van der Waals surface area (Å²) in [6, 6.07) is 0. The highest BCUT2D eigenvalue weighted by Gasteiger charge is 2.32. The summed E-state index contributed by atoms with van der Waals surface area (Å²) in [6.45, 7) is 5.81. The molecule has 0 spiro atoms. The topological polar surface area (TPSA) is 81.4 Å². The van der Waals surface area contributed by atoms with Crippen molar-refractivity contribution in [3.63, 3.8) is 0 Å². The van der Waals surface area contributed by atoms with Crippen molar-refractivity contribution in [2.24, 2.45) is 0 Å². The van der Waals surface area contributed by atoms with Crippen LogP contribution in [0.3, 0.4) is 0 Å². The van der Waals surface area contributed by atoms with E-state index in [1.807, 2.05) is 13.8 Å². The number of aryl methyl sites for hydroxylation is 1. The zero-order valence-electron chi connectivity index (χ0n) is 14.5. The van der Waals surface area contributed by atoms with E-state index in [2.05, 4.69) is 20.0 Å². The second-order valence-corrected chi connectivity index (χ2v) is 7.64. The Morgan fingerprint density at radius 2 is 2.00 bits per heavy atom. The van der Waals surface area contributed by atoms with Gasteiger partial charge in [-0.15, -0.1) is 0 Å². The van der Waals surface area contributed by atoms with Crippen molar-refractivity contribution in [3.05, 3.63) is 22.3 Å². The minimum Gasteiger partial charge on any atom is -0.462 e. The van der Waals surface area contributed by atoms with Crippen LogP contribution in [0.4, 0.5) is 5.13 Å². The Bertz CT molecular complexity index is 760. The molecule has 1 aliphatic heterocycles. The van der Waals surface area contributed by atoms with Crippen molar-refractivity contribution in [1.82, 2.24) is 15.1 Å². The van der Waals surface area contributed by atoms with Crippen LogP contribution in [-0.2, 0) is 4.74 Å². The largest absolute Gasteiger partial charge is 0.462 e. The lowest BCUT2D eigenvalue weighted by atomic mass is 9.96. The highest BCUT2D eigenvalue weighted by molar-refractivity contribution is 7.17. The molecule has 0 atom stereocenters. The number of esters is 1. The third-order valence-electron chi connectivity index (χ3n) is 4.76. The summed E-state index contributed by atoms with van der Waals surface area (Å²) in [5.74, 6) is 2.23. The number of hydrogen-bond acceptors (Lipinski definition) is 8. The van der Waals surface area contributed by atoms with E-state index in [1.54, 1.807) is 0 Å². The van der Waals surface area contributed by atoms with Gasteiger partial charge in [-0.2, -0.15) is 4.98 Å². The third kappa shape index (κ3) is 3.40. The summed E-state index contributed by atoms with van der Waals surface area (Å²) in [5, 5.41) is 5.08. The van der Waals surface area contributed by atoms with Gasteiger partial charge >= 0.3 is 5.97 Å². The van der Waals surface area contributed by atoms with Gasteiger partial charge in [-0.25, -0.2) is 9.78 Å². The maximum atomic E-state index is 12.0. The molecule has 7 nitrogen and oxygen atoms in total. The smallest absolute Gasteiger partial charge is 0.350 e. The van der Waals surface area contributed by atoms with Crippen molar-refractivity contribution < 1.29 is 14.1 Å². The first-order chi connectivity index (χ1) is 12.2. The molecule has 1 saturated heterocycles. The number of carbonyl (C=O) groups excluding carboxylic acids is 1. The first kappa shape index (κ1) is 16.5. The average molecular weight is 362 g/mol. The zero-order valence-corrected chi connectivity index (χ0v) is 15.3. The molecule has 134 valence electrons. The van der Waals surface area contributed by atoms with Gasteiger partial charge in [-0.05, 0) is 39.5 Å². The van der Waals surface area contributed by atoms with Crippen LogP contribution in [0.5, 0.6) is 0 Å². The Balaban J connectivity index is 1.39. The number of ether oxygens (including phenoxy) is 1. The van der Waals surface area contributed by atoms with Crippen molar-refractivity contribution in [2.45, 2.75) is 51.4 Å². The lowest BCUT2D eigenvalue weighted by Gasteiger charge is -2.30. The van der Waals surface area contributed by atoms with Crippen LogP contribution in [0.25, 0.3) is 0 Å². The molecule has 0 N–H and O–H groups in total. The van der Waals surface area contributed by atoms with Gasteiger partial charge in [0.15, 0.2) is 11.0 Å². The van der Waals surface area contributed by atoms with Gasteiger partial charge in [0.1, 0.15) is 4.88 Å². The molecule has 0 unspecified atom stereocenters. The predicted molar refractivity (Wildman–Crippen MR) is 93.3 cm³/mol. The molecule has 8 heteroatoms. The fraction of sp³-hybridized carbons (Fsp3) is 0.647. The Labute approximate surface area is 150 Å². The standard InChI is InChI=1S/C17H22N4O3S/c1-3-23-16(22)13-10(2)18-17(25-13)21-8-6-11(7-9-21)14-19-15(24-20-14)12-4-5-12/h11-12H,3-9H2,1-2H3. The Morgan fingerprint density at radius 3 is 2.68 bits per heavy atom. The molecule has 4 rings (SSSR count). The van der Waals surface area contributed by atoms with Gasteiger partial charge in [0.25, 0.3) is 0 Å². The van der Waals surface area contributed by atoms with Crippen LogP contribution < -0.4 is 4.90 Å². The highest BCUT2D eigenvalue weighted by atomic mass is 32.1. The van der Waals surface area contributed by atoms with Crippen LogP contribution in [0.2, 0.25) is 0 Å². The molecule has 0 aromatic carbocycles. The van der Waals surface area contributed by atoms with Crippen LogP contribution in [0, 0.1) is 6.92 Å². The van der Waals surface area contributed by atoms with E-state index in [-0.39, 0.29) is 5.97 Å². The SMILES string of the molecule is CCOC(=O)c1sc(N2CCC(c3noc(C4CC4)n3)CC2)nc1C. The molecule has 0 bridgehead atoms. The van der Waals surface area contributed by atoms with Crippen molar-refractivity contribution >= 4 is 22.4 Å². The molecule has 2 aromatic heterocycles. The fourth-order valence-corrected chi connectivity index (χ4v) is 4.15. The molecule has 25 heavy (non-hydrogen) atoms. The van der Waals surface area contributed by atoms with Crippen LogP contribution in [0.1, 0.15) is 71.5 Å². The van der Waals surface area contributed by atoms with E-state index in [1.165, 1.54) is 24.2 Å². The number of carbonyl (C=O) groups is 1. The maximum absolute atomic E-state index is 12.0. The molecule has 0 amide bonds. The lowest BCUT2D eigenvalue weighted by Crippen LogP contribution is -2.33. The average Bonchev–Trinajstić information content (AvgIpc) is 3.21. The van der Waals surface area contributed by atoms with Gasteiger partial charge in [-0.1, -0.05) is 16.5 Å². The summed E-state index contributed by atoms with van der Waals surface area (Å²) < 4.78 is 10.5. The summed E-state index contributed by atoms with van der Waals surface area (Å²) >= 11 is 1.42. The molecule has 1 saturated carbocycles. The Morgan fingerprint density at radius 1 is 1.24 bits per heavy atom. The molecule has 1 aliphatic carbocycles. The van der Waals surface area contributed by atoms with E-state index >= 15 is 0 Å².